The van der Waals surface area contributed by atoms with Gasteiger partial charge in [0.2, 0.25) is 0 Å². The molecule has 7 nitrogen and oxygen atoms in total. The number of ether oxygens (including phenoxy) is 1. The Kier molecular flexibility index (Phi) is 6.44. The Labute approximate surface area is 157 Å². The Morgan fingerprint density at radius 1 is 1.19 bits per heavy atom. The van der Waals surface area contributed by atoms with E-state index in [1.54, 1.807) is 18.2 Å². The highest BCUT2D eigenvalue weighted by atomic mass is 35.5. The average Bonchev–Trinajstić information content (AvgIpc) is 2.58. The van der Waals surface area contributed by atoms with Crippen LogP contribution in [-0.4, -0.2) is 39.8 Å². The molecular formula is C17H19ClN2O5S. The van der Waals surface area contributed by atoms with Crippen LogP contribution >= 0.6 is 11.6 Å². The zero-order valence-corrected chi connectivity index (χ0v) is 16.0. The van der Waals surface area contributed by atoms with Gasteiger partial charge < -0.3 is 9.64 Å². The SMILES string of the molecule is CN(CCCOc1ccc(S(C)(=O)=O)cc1)c1ccc([N+](=O)[O-])cc1Cl. The molecule has 0 bridgehead atoms. The molecular weight excluding hydrogens is 380 g/mol. The second-order valence-corrected chi connectivity index (χ2v) is 8.18. The van der Waals surface area contributed by atoms with Crippen molar-refractivity contribution in [3.63, 3.8) is 0 Å². The molecule has 2 aromatic rings. The number of anilines is 1. The first kappa shape index (κ1) is 20.0. The topological polar surface area (TPSA) is 89.8 Å². The van der Waals surface area contributed by atoms with Gasteiger partial charge in [-0.3, -0.25) is 10.1 Å². The van der Waals surface area contributed by atoms with Crippen molar-refractivity contribution in [1.82, 2.24) is 0 Å². The average molecular weight is 399 g/mol. The summed E-state index contributed by atoms with van der Waals surface area (Å²) in [5, 5.41) is 11.1. The van der Waals surface area contributed by atoms with Crippen molar-refractivity contribution >= 4 is 32.8 Å². The molecule has 26 heavy (non-hydrogen) atoms. The fourth-order valence-electron chi connectivity index (χ4n) is 2.31. The molecule has 0 unspecified atom stereocenters. The zero-order chi connectivity index (χ0) is 19.3. The van der Waals surface area contributed by atoms with Crippen LogP contribution in [0.3, 0.4) is 0 Å². The van der Waals surface area contributed by atoms with Crippen molar-refractivity contribution in [3.05, 3.63) is 57.6 Å². The minimum absolute atomic E-state index is 0.0481. The van der Waals surface area contributed by atoms with E-state index in [9.17, 15) is 18.5 Å². The van der Waals surface area contributed by atoms with Crippen LogP contribution in [0.5, 0.6) is 5.75 Å². The molecule has 0 spiro atoms. The lowest BCUT2D eigenvalue weighted by Gasteiger charge is -2.20. The third-order valence-electron chi connectivity index (χ3n) is 3.71. The van der Waals surface area contributed by atoms with Gasteiger partial charge in [-0.25, -0.2) is 8.42 Å². The van der Waals surface area contributed by atoms with Gasteiger partial charge in [-0.2, -0.15) is 0 Å². The van der Waals surface area contributed by atoms with E-state index in [0.29, 0.717) is 36.0 Å². The van der Waals surface area contributed by atoms with Gasteiger partial charge in [0.25, 0.3) is 5.69 Å². The normalized spacial score (nSPS) is 11.2. The van der Waals surface area contributed by atoms with Crippen LogP contribution in [0.4, 0.5) is 11.4 Å². The van der Waals surface area contributed by atoms with Crippen LogP contribution in [0.2, 0.25) is 5.02 Å². The summed E-state index contributed by atoms with van der Waals surface area (Å²) in [5.41, 5.74) is 0.655. The van der Waals surface area contributed by atoms with E-state index < -0.39 is 14.8 Å². The fraction of sp³-hybridized carbons (Fsp3) is 0.294. The molecule has 0 aromatic heterocycles. The summed E-state index contributed by atoms with van der Waals surface area (Å²) in [6.45, 7) is 1.08. The summed E-state index contributed by atoms with van der Waals surface area (Å²) in [5.74, 6) is 0.591. The van der Waals surface area contributed by atoms with Crippen LogP contribution in [0.15, 0.2) is 47.4 Å². The van der Waals surface area contributed by atoms with Crippen LogP contribution < -0.4 is 9.64 Å². The maximum Gasteiger partial charge on any atom is 0.271 e. The molecule has 0 heterocycles. The lowest BCUT2D eigenvalue weighted by atomic mass is 10.2. The Morgan fingerprint density at radius 2 is 1.85 bits per heavy atom. The van der Waals surface area contributed by atoms with Gasteiger partial charge in [0.05, 0.1) is 27.1 Å². The van der Waals surface area contributed by atoms with Gasteiger partial charge in [-0.1, -0.05) is 11.6 Å². The third kappa shape index (κ3) is 5.34. The highest BCUT2D eigenvalue weighted by molar-refractivity contribution is 7.90. The van der Waals surface area contributed by atoms with Crippen molar-refractivity contribution < 1.29 is 18.1 Å². The van der Waals surface area contributed by atoms with Crippen molar-refractivity contribution in [2.24, 2.45) is 0 Å². The maximum atomic E-state index is 11.4. The first-order chi connectivity index (χ1) is 12.2. The fourth-order valence-corrected chi connectivity index (χ4v) is 3.26. The van der Waals surface area contributed by atoms with Crippen molar-refractivity contribution in [1.29, 1.82) is 0 Å². The minimum atomic E-state index is -3.22. The van der Waals surface area contributed by atoms with E-state index in [1.165, 1.54) is 24.3 Å². The Hall–Kier alpha value is -2.32. The van der Waals surface area contributed by atoms with Crippen LogP contribution in [0.25, 0.3) is 0 Å². The van der Waals surface area contributed by atoms with Gasteiger partial charge in [0.1, 0.15) is 5.75 Å². The van der Waals surface area contributed by atoms with Gasteiger partial charge in [-0.05, 0) is 36.8 Å². The van der Waals surface area contributed by atoms with Gasteiger partial charge in [0, 0.05) is 32.0 Å². The molecule has 0 radical (unpaired) electrons. The number of halogens is 1. The summed E-state index contributed by atoms with van der Waals surface area (Å²) in [7, 11) is -1.37. The number of hydrogen-bond donors (Lipinski definition) is 0. The molecule has 2 aromatic carbocycles. The van der Waals surface area contributed by atoms with Gasteiger partial charge in [-0.15, -0.1) is 0 Å². The number of rotatable bonds is 8. The Bertz CT molecular complexity index is 885. The quantitative estimate of drug-likeness (QED) is 0.383. The highest BCUT2D eigenvalue weighted by Crippen LogP contribution is 2.29. The molecule has 2 rings (SSSR count). The predicted molar refractivity (Wildman–Crippen MR) is 101 cm³/mol. The highest BCUT2D eigenvalue weighted by Gasteiger charge is 2.12. The summed E-state index contributed by atoms with van der Waals surface area (Å²) in [4.78, 5) is 12.4. The smallest absolute Gasteiger partial charge is 0.271 e. The van der Waals surface area contributed by atoms with E-state index >= 15 is 0 Å². The zero-order valence-electron chi connectivity index (χ0n) is 14.4. The summed E-state index contributed by atoms with van der Waals surface area (Å²) in [6.07, 6.45) is 1.85. The Balaban J connectivity index is 1.85. The first-order valence-corrected chi connectivity index (χ1v) is 10.0. The molecule has 0 atom stereocenters. The standard InChI is InChI=1S/C17H19ClN2O5S/c1-19(17-9-4-13(20(21)22)12-16(17)18)10-3-11-25-14-5-7-15(8-6-14)26(2,23)24/h4-9,12H,3,10-11H2,1-2H3. The molecule has 0 saturated carbocycles. The van der Waals surface area contributed by atoms with Crippen molar-refractivity contribution in [3.8, 4) is 5.75 Å². The number of nitro benzene ring substituents is 1. The van der Waals surface area contributed by atoms with E-state index in [0.717, 1.165) is 6.26 Å². The number of benzene rings is 2. The predicted octanol–water partition coefficient (Wildman–Crippen LogP) is 3.56. The number of sulfone groups is 1. The van der Waals surface area contributed by atoms with Crippen LogP contribution in [0.1, 0.15) is 6.42 Å². The summed E-state index contributed by atoms with van der Waals surface area (Å²) < 4.78 is 28.4. The molecule has 0 N–H and O–H groups in total. The Morgan fingerprint density at radius 3 is 2.38 bits per heavy atom. The third-order valence-corrected chi connectivity index (χ3v) is 5.14. The van der Waals surface area contributed by atoms with E-state index in [4.69, 9.17) is 16.3 Å². The summed E-state index contributed by atoms with van der Waals surface area (Å²) >= 11 is 6.10. The van der Waals surface area contributed by atoms with E-state index in [1.807, 2.05) is 11.9 Å². The number of nitro groups is 1. The number of nitrogens with zero attached hydrogens (tertiary/aromatic N) is 2. The van der Waals surface area contributed by atoms with Gasteiger partial charge in [0.15, 0.2) is 9.84 Å². The van der Waals surface area contributed by atoms with Crippen LogP contribution in [-0.2, 0) is 9.84 Å². The lowest BCUT2D eigenvalue weighted by Crippen LogP contribution is -2.20. The lowest BCUT2D eigenvalue weighted by molar-refractivity contribution is -0.384. The first-order valence-electron chi connectivity index (χ1n) is 7.76. The molecule has 0 aliphatic rings. The molecule has 0 amide bonds. The second-order valence-electron chi connectivity index (χ2n) is 5.76. The number of non-ortho nitro benzene ring substituents is 1. The van der Waals surface area contributed by atoms with Crippen molar-refractivity contribution in [2.75, 3.05) is 31.4 Å². The molecule has 140 valence electrons. The van der Waals surface area contributed by atoms with Crippen molar-refractivity contribution in [2.45, 2.75) is 11.3 Å². The number of hydrogen-bond acceptors (Lipinski definition) is 6. The second kappa shape index (κ2) is 8.37. The van der Waals surface area contributed by atoms with E-state index in [2.05, 4.69) is 0 Å². The molecule has 0 fully saturated rings. The molecule has 9 heteroatoms. The summed E-state index contributed by atoms with van der Waals surface area (Å²) in [6, 6.07) is 10.6. The van der Waals surface area contributed by atoms with Crippen LogP contribution in [0, 0.1) is 10.1 Å². The maximum absolute atomic E-state index is 11.4. The molecule has 0 saturated heterocycles. The molecule has 0 aliphatic carbocycles. The monoisotopic (exact) mass is 398 g/mol. The minimum Gasteiger partial charge on any atom is -0.494 e. The molecule has 0 aliphatic heterocycles. The van der Waals surface area contributed by atoms with Gasteiger partial charge >= 0.3 is 0 Å². The van der Waals surface area contributed by atoms with E-state index in [-0.39, 0.29) is 10.6 Å². The largest absolute Gasteiger partial charge is 0.494 e.